The molecule has 1 aliphatic rings. The molecule has 0 bridgehead atoms. The van der Waals surface area contributed by atoms with E-state index in [0.717, 1.165) is 17.7 Å². The van der Waals surface area contributed by atoms with E-state index in [2.05, 4.69) is 5.32 Å². The minimum Gasteiger partial charge on any atom is -0.331 e. The van der Waals surface area contributed by atoms with E-state index in [1.807, 2.05) is 13.8 Å². The van der Waals surface area contributed by atoms with Crippen LogP contribution in [0.2, 0.25) is 0 Å². The number of rotatable bonds is 8. The lowest BCUT2D eigenvalue weighted by atomic mass is 10.1. The zero-order chi connectivity index (χ0) is 14.5. The van der Waals surface area contributed by atoms with Gasteiger partial charge in [-0.2, -0.15) is 13.2 Å². The lowest BCUT2D eigenvalue weighted by Gasteiger charge is -2.31. The first kappa shape index (κ1) is 16.3. The third kappa shape index (κ3) is 6.27. The molecule has 0 atom stereocenters. The lowest BCUT2D eigenvalue weighted by molar-refractivity contribution is -0.166. The molecule has 0 heterocycles. The number of alkyl halides is 3. The summed E-state index contributed by atoms with van der Waals surface area (Å²) in [4.78, 5) is 13.0. The second-order valence-corrected chi connectivity index (χ2v) is 5.09. The predicted molar refractivity (Wildman–Crippen MR) is 67.8 cm³/mol. The second-order valence-electron chi connectivity index (χ2n) is 5.09. The van der Waals surface area contributed by atoms with Crippen molar-refractivity contribution in [1.29, 1.82) is 0 Å². The smallest absolute Gasteiger partial charge is 0.331 e. The van der Waals surface area contributed by atoms with Crippen molar-refractivity contribution in [2.45, 2.75) is 64.2 Å². The van der Waals surface area contributed by atoms with Gasteiger partial charge in [-0.1, -0.05) is 13.8 Å². The lowest BCUT2D eigenvalue weighted by Crippen LogP contribution is -2.46. The molecule has 1 N–H and O–H groups in total. The molecule has 1 saturated carbocycles. The number of carbonyl (C=O) groups excluding carboxylic acids is 1. The van der Waals surface area contributed by atoms with Crippen molar-refractivity contribution in [2.24, 2.45) is 0 Å². The maximum absolute atomic E-state index is 12.5. The SMILES string of the molecule is CCC(CC)N(CC(F)(F)F)C(=O)CCNC1CC1. The van der Waals surface area contributed by atoms with Gasteiger partial charge in [0.2, 0.25) is 5.91 Å². The van der Waals surface area contributed by atoms with Crippen molar-refractivity contribution in [3.8, 4) is 0 Å². The van der Waals surface area contributed by atoms with E-state index in [1.54, 1.807) is 0 Å². The van der Waals surface area contributed by atoms with Crippen LogP contribution in [0.15, 0.2) is 0 Å². The quantitative estimate of drug-likeness (QED) is 0.741. The van der Waals surface area contributed by atoms with Crippen LogP contribution in [0.4, 0.5) is 13.2 Å². The number of nitrogens with zero attached hydrogens (tertiary/aromatic N) is 1. The average molecular weight is 280 g/mol. The molecule has 0 aliphatic heterocycles. The molecule has 19 heavy (non-hydrogen) atoms. The highest BCUT2D eigenvalue weighted by molar-refractivity contribution is 5.76. The zero-order valence-corrected chi connectivity index (χ0v) is 11.6. The van der Waals surface area contributed by atoms with Crippen molar-refractivity contribution in [3.05, 3.63) is 0 Å². The van der Waals surface area contributed by atoms with Gasteiger partial charge in [-0.3, -0.25) is 4.79 Å². The molecular weight excluding hydrogens is 257 g/mol. The minimum atomic E-state index is -4.33. The van der Waals surface area contributed by atoms with Gasteiger partial charge in [0.25, 0.3) is 0 Å². The molecule has 1 aliphatic carbocycles. The molecular formula is C13H23F3N2O. The first-order chi connectivity index (χ1) is 8.87. The van der Waals surface area contributed by atoms with Crippen molar-refractivity contribution in [3.63, 3.8) is 0 Å². The summed E-state index contributed by atoms with van der Waals surface area (Å²) in [5.41, 5.74) is 0. The molecule has 6 heteroatoms. The topological polar surface area (TPSA) is 32.3 Å². The van der Waals surface area contributed by atoms with E-state index in [-0.39, 0.29) is 12.5 Å². The van der Waals surface area contributed by atoms with E-state index in [1.165, 1.54) is 0 Å². The number of amides is 1. The fourth-order valence-corrected chi connectivity index (χ4v) is 2.16. The van der Waals surface area contributed by atoms with Crippen molar-refractivity contribution >= 4 is 5.91 Å². The Morgan fingerprint density at radius 2 is 1.89 bits per heavy atom. The van der Waals surface area contributed by atoms with Gasteiger partial charge in [-0.05, 0) is 25.7 Å². The Morgan fingerprint density at radius 3 is 2.32 bits per heavy atom. The molecule has 112 valence electrons. The summed E-state index contributed by atoms with van der Waals surface area (Å²) >= 11 is 0. The molecule has 0 radical (unpaired) electrons. The van der Waals surface area contributed by atoms with Crippen LogP contribution in [0, 0.1) is 0 Å². The Morgan fingerprint density at radius 1 is 1.32 bits per heavy atom. The summed E-state index contributed by atoms with van der Waals surface area (Å²) < 4.78 is 37.6. The zero-order valence-electron chi connectivity index (χ0n) is 11.6. The number of hydrogen-bond donors (Lipinski definition) is 1. The Hall–Kier alpha value is -0.780. The van der Waals surface area contributed by atoms with E-state index >= 15 is 0 Å². The summed E-state index contributed by atoms with van der Waals surface area (Å²) in [5, 5.41) is 3.15. The molecule has 0 spiro atoms. The number of halogens is 3. The van der Waals surface area contributed by atoms with E-state index < -0.39 is 18.6 Å². The first-order valence-electron chi connectivity index (χ1n) is 6.97. The van der Waals surface area contributed by atoms with Crippen LogP contribution < -0.4 is 5.32 Å². The number of hydrogen-bond acceptors (Lipinski definition) is 2. The monoisotopic (exact) mass is 280 g/mol. The molecule has 0 saturated heterocycles. The molecule has 1 amide bonds. The fourth-order valence-electron chi connectivity index (χ4n) is 2.16. The highest BCUT2D eigenvalue weighted by Gasteiger charge is 2.35. The van der Waals surface area contributed by atoms with E-state index in [4.69, 9.17) is 0 Å². The summed E-state index contributed by atoms with van der Waals surface area (Å²) in [7, 11) is 0. The standard InChI is InChI=1S/C13H23F3N2O/c1-3-11(4-2)18(9-13(14,15)16)12(19)7-8-17-10-5-6-10/h10-11,17H,3-9H2,1-2H3. The fraction of sp³-hybridized carbons (Fsp3) is 0.923. The summed E-state index contributed by atoms with van der Waals surface area (Å²) in [6.45, 7) is 2.96. The van der Waals surface area contributed by atoms with Crippen molar-refractivity contribution in [2.75, 3.05) is 13.1 Å². The third-order valence-corrected chi connectivity index (χ3v) is 3.40. The van der Waals surface area contributed by atoms with Crippen LogP contribution >= 0.6 is 0 Å². The normalized spacial score (nSPS) is 15.9. The Labute approximate surface area is 112 Å². The average Bonchev–Trinajstić information content (AvgIpc) is 3.11. The Bertz CT molecular complexity index is 286. The van der Waals surface area contributed by atoms with E-state index in [9.17, 15) is 18.0 Å². The number of nitrogens with one attached hydrogen (secondary N) is 1. The van der Waals surface area contributed by atoms with Gasteiger partial charge in [0, 0.05) is 25.0 Å². The van der Waals surface area contributed by atoms with Gasteiger partial charge >= 0.3 is 6.18 Å². The van der Waals surface area contributed by atoms with Crippen LogP contribution in [0.25, 0.3) is 0 Å². The van der Waals surface area contributed by atoms with Gasteiger partial charge < -0.3 is 10.2 Å². The van der Waals surface area contributed by atoms with Gasteiger partial charge in [-0.15, -0.1) is 0 Å². The van der Waals surface area contributed by atoms with Crippen LogP contribution in [0.3, 0.4) is 0 Å². The second kappa shape index (κ2) is 7.12. The van der Waals surface area contributed by atoms with Gasteiger partial charge in [0.15, 0.2) is 0 Å². The molecule has 0 unspecified atom stereocenters. The summed E-state index contributed by atoms with van der Waals surface area (Å²) in [5.74, 6) is -0.404. The third-order valence-electron chi connectivity index (χ3n) is 3.40. The van der Waals surface area contributed by atoms with Crippen LogP contribution in [-0.2, 0) is 4.79 Å². The van der Waals surface area contributed by atoms with Gasteiger partial charge in [0.1, 0.15) is 6.54 Å². The van der Waals surface area contributed by atoms with Crippen molar-refractivity contribution in [1.82, 2.24) is 10.2 Å². The maximum Gasteiger partial charge on any atom is 0.406 e. The van der Waals surface area contributed by atoms with Gasteiger partial charge in [0.05, 0.1) is 0 Å². The summed E-state index contributed by atoms with van der Waals surface area (Å²) in [6, 6.07) is 0.145. The molecule has 0 aromatic heterocycles. The van der Waals surface area contributed by atoms with E-state index in [0.29, 0.717) is 25.4 Å². The first-order valence-corrected chi connectivity index (χ1v) is 6.97. The predicted octanol–water partition coefficient (Wildman–Crippen LogP) is 2.71. The van der Waals surface area contributed by atoms with Crippen LogP contribution in [0.1, 0.15) is 46.0 Å². The molecule has 3 nitrogen and oxygen atoms in total. The summed E-state index contributed by atoms with van der Waals surface area (Å²) in [6.07, 6.45) is -0.881. The Kier molecular flexibility index (Phi) is 6.10. The maximum atomic E-state index is 12.5. The molecule has 1 fully saturated rings. The highest BCUT2D eigenvalue weighted by Crippen LogP contribution is 2.21. The largest absolute Gasteiger partial charge is 0.406 e. The Balaban J connectivity index is 2.51. The molecule has 0 aromatic carbocycles. The van der Waals surface area contributed by atoms with Crippen LogP contribution in [-0.4, -0.2) is 42.2 Å². The van der Waals surface area contributed by atoms with Crippen LogP contribution in [0.5, 0.6) is 0 Å². The molecule has 0 aromatic rings. The molecule has 1 rings (SSSR count). The van der Waals surface area contributed by atoms with Crippen molar-refractivity contribution < 1.29 is 18.0 Å². The number of carbonyl (C=O) groups is 1. The van der Waals surface area contributed by atoms with Gasteiger partial charge in [-0.25, -0.2) is 0 Å². The minimum absolute atomic E-state index is 0.142. The highest BCUT2D eigenvalue weighted by atomic mass is 19.4.